The van der Waals surface area contributed by atoms with E-state index in [-0.39, 0.29) is 29.9 Å². The smallest absolute Gasteiger partial charge is 0.254 e. The molecular weight excluding hydrogens is 410 g/mol. The molecule has 2 heterocycles. The molecule has 9 heteroatoms. The second-order valence-corrected chi connectivity index (χ2v) is 8.21. The highest BCUT2D eigenvalue weighted by Gasteiger charge is 2.23. The Morgan fingerprint density at radius 3 is 2.67 bits per heavy atom. The quantitative estimate of drug-likeness (QED) is 0.651. The van der Waals surface area contributed by atoms with Crippen LogP contribution in [0.15, 0.2) is 42.5 Å². The van der Waals surface area contributed by atoms with Crippen molar-refractivity contribution in [3.8, 4) is 0 Å². The third-order valence-corrected chi connectivity index (χ3v) is 5.94. The second-order valence-electron chi connectivity index (χ2n) is 7.18. The van der Waals surface area contributed by atoms with Gasteiger partial charge in [0.1, 0.15) is 11.6 Å². The molecule has 0 radical (unpaired) electrons. The van der Waals surface area contributed by atoms with Gasteiger partial charge in [0, 0.05) is 19.1 Å². The molecule has 30 heavy (non-hydrogen) atoms. The van der Waals surface area contributed by atoms with Crippen molar-refractivity contribution < 1.29 is 18.4 Å². The molecule has 0 aliphatic carbocycles. The molecule has 0 bridgehead atoms. The van der Waals surface area contributed by atoms with E-state index in [1.54, 1.807) is 18.2 Å². The van der Waals surface area contributed by atoms with Crippen LogP contribution in [-0.2, 0) is 4.79 Å². The summed E-state index contributed by atoms with van der Waals surface area (Å²) in [7, 11) is 0. The number of benzene rings is 2. The third-order valence-electron chi connectivity index (χ3n) is 5.01. The second kappa shape index (κ2) is 8.85. The summed E-state index contributed by atoms with van der Waals surface area (Å²) < 4.78 is 27.7. The Morgan fingerprint density at radius 1 is 1.13 bits per heavy atom. The van der Waals surface area contributed by atoms with E-state index >= 15 is 0 Å². The number of hydrogen-bond donors (Lipinski definition) is 2. The molecule has 1 saturated heterocycles. The van der Waals surface area contributed by atoms with Crippen LogP contribution in [0, 0.1) is 11.6 Å². The molecule has 156 valence electrons. The zero-order valence-electron chi connectivity index (χ0n) is 16.0. The van der Waals surface area contributed by atoms with Gasteiger partial charge in [0.25, 0.3) is 5.91 Å². The first-order valence-electron chi connectivity index (χ1n) is 9.61. The van der Waals surface area contributed by atoms with Crippen molar-refractivity contribution in [3.63, 3.8) is 0 Å². The van der Waals surface area contributed by atoms with Gasteiger partial charge in [-0.2, -0.15) is 0 Å². The first-order valence-corrected chi connectivity index (χ1v) is 10.4. The van der Waals surface area contributed by atoms with Crippen molar-refractivity contribution in [2.24, 2.45) is 0 Å². The molecule has 2 aromatic carbocycles. The van der Waals surface area contributed by atoms with Crippen molar-refractivity contribution >= 4 is 38.5 Å². The Bertz CT molecular complexity index is 1080. The molecule has 6 nitrogen and oxygen atoms in total. The van der Waals surface area contributed by atoms with Gasteiger partial charge in [-0.25, -0.2) is 13.8 Å². The van der Waals surface area contributed by atoms with Gasteiger partial charge in [0.05, 0.1) is 22.3 Å². The van der Waals surface area contributed by atoms with Crippen LogP contribution in [0.25, 0.3) is 10.2 Å². The predicted molar refractivity (Wildman–Crippen MR) is 112 cm³/mol. The monoisotopic (exact) mass is 430 g/mol. The van der Waals surface area contributed by atoms with Gasteiger partial charge < -0.3 is 10.6 Å². The van der Waals surface area contributed by atoms with Crippen molar-refractivity contribution in [2.45, 2.75) is 18.9 Å². The number of carbonyl (C=O) groups excluding carboxylic acids is 2. The number of halogens is 2. The number of nitrogens with one attached hydrogen (secondary N) is 2. The summed E-state index contributed by atoms with van der Waals surface area (Å²) in [6, 6.07) is 10.1. The van der Waals surface area contributed by atoms with E-state index in [0.717, 1.165) is 0 Å². The van der Waals surface area contributed by atoms with E-state index in [0.29, 0.717) is 41.3 Å². The average molecular weight is 430 g/mol. The van der Waals surface area contributed by atoms with E-state index in [2.05, 4.69) is 15.6 Å². The van der Waals surface area contributed by atoms with Crippen molar-refractivity contribution in [2.75, 3.05) is 25.0 Å². The lowest BCUT2D eigenvalue weighted by atomic mass is 10.0. The van der Waals surface area contributed by atoms with E-state index in [1.807, 2.05) is 4.90 Å². The maximum absolute atomic E-state index is 13.7. The van der Waals surface area contributed by atoms with Crippen LogP contribution in [0.3, 0.4) is 0 Å². The molecule has 1 aliphatic heterocycles. The van der Waals surface area contributed by atoms with Crippen LogP contribution < -0.4 is 10.6 Å². The molecule has 0 saturated carbocycles. The van der Waals surface area contributed by atoms with Gasteiger partial charge in [0.2, 0.25) is 5.91 Å². The predicted octanol–water partition coefficient (Wildman–Crippen LogP) is 3.41. The van der Waals surface area contributed by atoms with Crippen LogP contribution in [0.4, 0.5) is 13.9 Å². The van der Waals surface area contributed by atoms with Gasteiger partial charge >= 0.3 is 0 Å². The number of aromatic nitrogens is 1. The standard InChI is InChI=1S/C21H20F2N4O2S/c22-13-5-6-17-18(11-13)30-21(25-17)26-19(28)12-27-9-7-14(8-10-27)24-20(29)15-3-1-2-4-16(15)23/h1-6,11,14H,7-10,12H2,(H,24,29)(H,25,26,28). The molecule has 1 fully saturated rings. The van der Waals surface area contributed by atoms with Crippen molar-refractivity contribution in [1.29, 1.82) is 0 Å². The van der Waals surface area contributed by atoms with E-state index in [4.69, 9.17) is 0 Å². The summed E-state index contributed by atoms with van der Waals surface area (Å²) in [6.07, 6.45) is 1.35. The van der Waals surface area contributed by atoms with Gasteiger partial charge in [0.15, 0.2) is 5.13 Å². The summed E-state index contributed by atoms with van der Waals surface area (Å²) in [4.78, 5) is 30.9. The molecule has 1 aromatic heterocycles. The van der Waals surface area contributed by atoms with Crippen LogP contribution in [-0.4, -0.2) is 47.4 Å². The number of rotatable bonds is 5. The SMILES string of the molecule is O=C(CN1CCC(NC(=O)c2ccccc2F)CC1)Nc1nc2ccc(F)cc2s1. The van der Waals surface area contributed by atoms with Gasteiger partial charge in [-0.1, -0.05) is 23.5 Å². The number of anilines is 1. The van der Waals surface area contributed by atoms with Gasteiger partial charge in [-0.3, -0.25) is 14.5 Å². The van der Waals surface area contributed by atoms with Crippen LogP contribution in [0.1, 0.15) is 23.2 Å². The van der Waals surface area contributed by atoms with Crippen LogP contribution in [0.2, 0.25) is 0 Å². The lowest BCUT2D eigenvalue weighted by molar-refractivity contribution is -0.117. The third kappa shape index (κ3) is 4.80. The largest absolute Gasteiger partial charge is 0.349 e. The first kappa shape index (κ1) is 20.4. The first-order chi connectivity index (χ1) is 14.5. The number of piperidine rings is 1. The Labute approximate surface area is 175 Å². The fourth-order valence-corrected chi connectivity index (χ4v) is 4.36. The zero-order chi connectivity index (χ0) is 21.1. The molecular formula is C21H20F2N4O2S. The number of fused-ring (bicyclic) bond motifs is 1. The maximum Gasteiger partial charge on any atom is 0.254 e. The molecule has 0 spiro atoms. The number of nitrogens with zero attached hydrogens (tertiary/aromatic N) is 2. The molecule has 3 aromatic rings. The summed E-state index contributed by atoms with van der Waals surface area (Å²) in [6.45, 7) is 1.49. The van der Waals surface area contributed by atoms with Crippen molar-refractivity contribution in [3.05, 3.63) is 59.7 Å². The van der Waals surface area contributed by atoms with Crippen molar-refractivity contribution in [1.82, 2.24) is 15.2 Å². The van der Waals surface area contributed by atoms with E-state index in [1.165, 1.54) is 35.6 Å². The molecule has 1 aliphatic rings. The maximum atomic E-state index is 13.7. The average Bonchev–Trinajstić information content (AvgIpc) is 3.10. The number of amides is 2. The highest BCUT2D eigenvalue weighted by Crippen LogP contribution is 2.26. The Balaban J connectivity index is 1.25. The topological polar surface area (TPSA) is 74.3 Å². The minimum Gasteiger partial charge on any atom is -0.349 e. The molecule has 0 unspecified atom stereocenters. The molecule has 0 atom stereocenters. The van der Waals surface area contributed by atoms with Crippen LogP contribution >= 0.6 is 11.3 Å². The van der Waals surface area contributed by atoms with Crippen LogP contribution in [0.5, 0.6) is 0 Å². The van der Waals surface area contributed by atoms with Gasteiger partial charge in [-0.15, -0.1) is 0 Å². The highest BCUT2D eigenvalue weighted by molar-refractivity contribution is 7.22. The number of hydrogen-bond acceptors (Lipinski definition) is 5. The molecule has 2 N–H and O–H groups in total. The Kier molecular flexibility index (Phi) is 6.01. The number of likely N-dealkylation sites (tertiary alicyclic amines) is 1. The minimum absolute atomic E-state index is 0.0371. The fourth-order valence-electron chi connectivity index (χ4n) is 3.46. The lowest BCUT2D eigenvalue weighted by Crippen LogP contribution is -2.46. The summed E-state index contributed by atoms with van der Waals surface area (Å²) in [5, 5.41) is 6.06. The summed E-state index contributed by atoms with van der Waals surface area (Å²) in [5.74, 6) is -1.49. The molecule has 2 amide bonds. The fraction of sp³-hybridized carbons (Fsp3) is 0.286. The van der Waals surface area contributed by atoms with E-state index in [9.17, 15) is 18.4 Å². The minimum atomic E-state index is -0.540. The highest BCUT2D eigenvalue weighted by atomic mass is 32.1. The number of thiazole rings is 1. The molecule has 4 rings (SSSR count). The van der Waals surface area contributed by atoms with Gasteiger partial charge in [-0.05, 0) is 43.2 Å². The Hall–Kier alpha value is -2.91. The Morgan fingerprint density at radius 2 is 1.90 bits per heavy atom. The summed E-state index contributed by atoms with van der Waals surface area (Å²) >= 11 is 1.23. The normalized spacial score (nSPS) is 15.3. The number of carbonyl (C=O) groups is 2. The summed E-state index contributed by atoms with van der Waals surface area (Å²) in [5.41, 5.74) is 0.679. The lowest BCUT2D eigenvalue weighted by Gasteiger charge is -2.31. The zero-order valence-corrected chi connectivity index (χ0v) is 16.8. The van der Waals surface area contributed by atoms with E-state index < -0.39 is 11.7 Å².